The molecule has 0 aliphatic heterocycles. The molecule has 0 aliphatic rings. The lowest BCUT2D eigenvalue weighted by Gasteiger charge is -2.32. The lowest BCUT2D eigenvalue weighted by atomic mass is 10.1. The fourth-order valence-corrected chi connectivity index (χ4v) is 2.13. The summed E-state index contributed by atoms with van der Waals surface area (Å²) >= 11 is 5.15. The van der Waals surface area contributed by atoms with Gasteiger partial charge in [0.25, 0.3) is 0 Å². The summed E-state index contributed by atoms with van der Waals surface area (Å²) in [6, 6.07) is 0.248. The van der Waals surface area contributed by atoms with E-state index < -0.39 is 0 Å². The zero-order chi connectivity index (χ0) is 12.7. The van der Waals surface area contributed by atoms with Crippen LogP contribution in [0.5, 0.6) is 0 Å². The van der Waals surface area contributed by atoms with Crippen molar-refractivity contribution in [2.24, 2.45) is 11.7 Å². The minimum absolute atomic E-state index is 0.248. The molecule has 0 rings (SSSR count). The molecule has 0 spiro atoms. The van der Waals surface area contributed by atoms with E-state index >= 15 is 0 Å². The lowest BCUT2D eigenvalue weighted by Crippen LogP contribution is -2.47. The molecular formula is C12H27N3S. The van der Waals surface area contributed by atoms with Crippen LogP contribution in [0.25, 0.3) is 0 Å². The quantitative estimate of drug-likeness (QED) is 0.658. The van der Waals surface area contributed by atoms with Gasteiger partial charge in [0.05, 0.1) is 11.0 Å². The second-order valence-corrected chi connectivity index (χ2v) is 5.49. The molecule has 16 heavy (non-hydrogen) atoms. The van der Waals surface area contributed by atoms with Crippen LogP contribution < -0.4 is 5.73 Å². The number of likely N-dealkylation sites (N-methyl/N-ethyl adjacent to an activating group) is 1. The van der Waals surface area contributed by atoms with E-state index in [1.165, 1.54) is 0 Å². The van der Waals surface area contributed by atoms with E-state index in [0.717, 1.165) is 26.1 Å². The van der Waals surface area contributed by atoms with Crippen LogP contribution in [0.3, 0.4) is 0 Å². The van der Waals surface area contributed by atoms with Crippen molar-refractivity contribution in [2.75, 3.05) is 33.7 Å². The molecule has 4 heteroatoms. The molecule has 0 fully saturated rings. The maximum absolute atomic E-state index is 5.81. The van der Waals surface area contributed by atoms with E-state index in [-0.39, 0.29) is 6.04 Å². The van der Waals surface area contributed by atoms with E-state index in [9.17, 15) is 0 Å². The van der Waals surface area contributed by atoms with Gasteiger partial charge in [-0.15, -0.1) is 0 Å². The van der Waals surface area contributed by atoms with Crippen LogP contribution >= 0.6 is 12.2 Å². The summed E-state index contributed by atoms with van der Waals surface area (Å²) < 4.78 is 0. The summed E-state index contributed by atoms with van der Waals surface area (Å²) in [5, 5.41) is 0. The minimum atomic E-state index is 0.248. The Balaban J connectivity index is 4.43. The third kappa shape index (κ3) is 6.40. The molecule has 2 N–H and O–H groups in total. The number of thiocarbonyl (C=S) groups is 1. The maximum Gasteiger partial charge on any atom is 0.0901 e. The van der Waals surface area contributed by atoms with Gasteiger partial charge in [0.1, 0.15) is 0 Å². The van der Waals surface area contributed by atoms with Gasteiger partial charge in [0, 0.05) is 19.6 Å². The van der Waals surface area contributed by atoms with Crippen molar-refractivity contribution in [3.8, 4) is 0 Å². The Hall–Kier alpha value is -0.190. The molecule has 0 radical (unpaired) electrons. The van der Waals surface area contributed by atoms with Crippen molar-refractivity contribution in [3.63, 3.8) is 0 Å². The average molecular weight is 245 g/mol. The summed E-state index contributed by atoms with van der Waals surface area (Å²) in [6.45, 7) is 9.74. The Morgan fingerprint density at radius 3 is 2.12 bits per heavy atom. The first-order valence-corrected chi connectivity index (χ1v) is 6.47. The Labute approximate surface area is 106 Å². The molecule has 0 amide bonds. The molecule has 3 nitrogen and oxygen atoms in total. The van der Waals surface area contributed by atoms with Gasteiger partial charge in [-0.05, 0) is 26.4 Å². The van der Waals surface area contributed by atoms with Crippen LogP contribution in [0.2, 0.25) is 0 Å². The standard InChI is InChI=1S/C12H27N3S/c1-6-11(12(13)16)15(9-10(2)3)8-7-14(4)5/h10-11H,6-9H2,1-5H3,(H2,13,16). The van der Waals surface area contributed by atoms with E-state index in [0.29, 0.717) is 10.9 Å². The number of nitrogens with zero attached hydrogens (tertiary/aromatic N) is 2. The largest absolute Gasteiger partial charge is 0.392 e. The van der Waals surface area contributed by atoms with Gasteiger partial charge in [0.15, 0.2) is 0 Å². The predicted molar refractivity (Wildman–Crippen MR) is 75.8 cm³/mol. The third-order valence-electron chi connectivity index (χ3n) is 2.59. The molecule has 0 aliphatic carbocycles. The van der Waals surface area contributed by atoms with Gasteiger partial charge in [-0.2, -0.15) is 0 Å². The molecule has 0 bridgehead atoms. The Kier molecular flexibility index (Phi) is 7.89. The molecule has 0 aromatic carbocycles. The first-order valence-electron chi connectivity index (χ1n) is 6.06. The van der Waals surface area contributed by atoms with Crippen molar-refractivity contribution in [3.05, 3.63) is 0 Å². The van der Waals surface area contributed by atoms with E-state index in [1.807, 2.05) is 0 Å². The molecule has 0 aromatic rings. The van der Waals surface area contributed by atoms with Crippen LogP contribution in [-0.4, -0.2) is 54.6 Å². The highest BCUT2D eigenvalue weighted by Gasteiger charge is 2.19. The maximum atomic E-state index is 5.81. The van der Waals surface area contributed by atoms with Crippen LogP contribution in [0.15, 0.2) is 0 Å². The normalized spacial score (nSPS) is 13.8. The first-order chi connectivity index (χ1) is 7.38. The zero-order valence-corrected chi connectivity index (χ0v) is 12.2. The second-order valence-electron chi connectivity index (χ2n) is 5.02. The van der Waals surface area contributed by atoms with Crippen LogP contribution in [0.1, 0.15) is 27.2 Å². The van der Waals surface area contributed by atoms with Crippen LogP contribution in [0.4, 0.5) is 0 Å². The summed E-state index contributed by atoms with van der Waals surface area (Å²) in [6.07, 6.45) is 0.996. The van der Waals surface area contributed by atoms with Crippen molar-refractivity contribution in [1.29, 1.82) is 0 Å². The smallest absolute Gasteiger partial charge is 0.0901 e. The molecule has 1 unspecified atom stereocenters. The molecule has 96 valence electrons. The first kappa shape index (κ1) is 15.8. The van der Waals surface area contributed by atoms with Gasteiger partial charge in [-0.3, -0.25) is 4.90 Å². The van der Waals surface area contributed by atoms with E-state index in [4.69, 9.17) is 18.0 Å². The highest BCUT2D eigenvalue weighted by Crippen LogP contribution is 2.08. The SMILES string of the molecule is CCC(C(N)=S)N(CCN(C)C)CC(C)C. The fraction of sp³-hybridized carbons (Fsp3) is 0.917. The third-order valence-corrected chi connectivity index (χ3v) is 2.86. The predicted octanol–water partition coefficient (Wildman–Crippen LogP) is 1.57. The molecule has 0 saturated carbocycles. The summed E-state index contributed by atoms with van der Waals surface area (Å²) in [5.41, 5.74) is 5.81. The zero-order valence-electron chi connectivity index (χ0n) is 11.4. The van der Waals surface area contributed by atoms with Gasteiger partial charge in [0.2, 0.25) is 0 Å². The Morgan fingerprint density at radius 1 is 1.25 bits per heavy atom. The Bertz CT molecular complexity index is 204. The van der Waals surface area contributed by atoms with E-state index in [2.05, 4.69) is 44.7 Å². The molecular weight excluding hydrogens is 218 g/mol. The van der Waals surface area contributed by atoms with Crippen LogP contribution in [-0.2, 0) is 0 Å². The van der Waals surface area contributed by atoms with Gasteiger partial charge >= 0.3 is 0 Å². The van der Waals surface area contributed by atoms with Gasteiger partial charge < -0.3 is 10.6 Å². The van der Waals surface area contributed by atoms with Crippen molar-refractivity contribution >= 4 is 17.2 Å². The molecule has 0 heterocycles. The molecule has 1 atom stereocenters. The highest BCUT2D eigenvalue weighted by atomic mass is 32.1. The van der Waals surface area contributed by atoms with Gasteiger partial charge in [-0.1, -0.05) is 33.0 Å². The summed E-state index contributed by atoms with van der Waals surface area (Å²) in [4.78, 5) is 5.23. The fourth-order valence-electron chi connectivity index (χ4n) is 1.81. The minimum Gasteiger partial charge on any atom is -0.392 e. The summed E-state index contributed by atoms with van der Waals surface area (Å²) in [7, 11) is 4.19. The Morgan fingerprint density at radius 2 is 1.81 bits per heavy atom. The van der Waals surface area contributed by atoms with Crippen LogP contribution in [0, 0.1) is 5.92 Å². The second kappa shape index (κ2) is 7.98. The molecule has 0 saturated heterocycles. The van der Waals surface area contributed by atoms with Gasteiger partial charge in [-0.25, -0.2) is 0 Å². The monoisotopic (exact) mass is 245 g/mol. The van der Waals surface area contributed by atoms with Crippen molar-refractivity contribution in [1.82, 2.24) is 9.80 Å². The number of rotatable bonds is 8. The van der Waals surface area contributed by atoms with Crippen molar-refractivity contribution in [2.45, 2.75) is 33.2 Å². The number of nitrogens with two attached hydrogens (primary N) is 1. The number of hydrogen-bond acceptors (Lipinski definition) is 3. The van der Waals surface area contributed by atoms with E-state index in [1.54, 1.807) is 0 Å². The summed E-state index contributed by atoms with van der Waals surface area (Å²) in [5.74, 6) is 0.644. The molecule has 0 aromatic heterocycles. The lowest BCUT2D eigenvalue weighted by molar-refractivity contribution is 0.192. The van der Waals surface area contributed by atoms with Crippen molar-refractivity contribution < 1.29 is 0 Å². The number of hydrogen-bond donors (Lipinski definition) is 1. The highest BCUT2D eigenvalue weighted by molar-refractivity contribution is 7.80. The average Bonchev–Trinajstić information content (AvgIpc) is 2.13. The topological polar surface area (TPSA) is 32.5 Å².